The molecular weight excluding hydrogens is 252 g/mol. The number of ether oxygens (including phenoxy) is 2. The molecule has 17 heavy (non-hydrogen) atoms. The van der Waals surface area contributed by atoms with E-state index in [1.54, 1.807) is 0 Å². The SMILES string of the molecule is SCC1(CSc2ccc3c(c2)OCCO3)CC1. The number of rotatable bonds is 4. The fraction of sp³-hybridized carbons (Fsp3) is 0.538. The van der Waals surface area contributed by atoms with Crippen LogP contribution in [-0.2, 0) is 0 Å². The van der Waals surface area contributed by atoms with Crippen LogP contribution >= 0.6 is 24.4 Å². The van der Waals surface area contributed by atoms with Gasteiger partial charge in [-0.25, -0.2) is 0 Å². The van der Waals surface area contributed by atoms with Crippen LogP contribution in [0.4, 0.5) is 0 Å². The molecule has 1 aromatic rings. The first-order valence-electron chi connectivity index (χ1n) is 5.95. The highest BCUT2D eigenvalue weighted by atomic mass is 32.2. The van der Waals surface area contributed by atoms with Crippen molar-refractivity contribution in [2.75, 3.05) is 24.7 Å². The largest absolute Gasteiger partial charge is 0.486 e. The van der Waals surface area contributed by atoms with Crippen LogP contribution in [0.15, 0.2) is 23.1 Å². The highest BCUT2D eigenvalue weighted by Crippen LogP contribution is 2.50. The average Bonchev–Trinajstić information content (AvgIpc) is 3.17. The van der Waals surface area contributed by atoms with Gasteiger partial charge in [-0.05, 0) is 42.2 Å². The summed E-state index contributed by atoms with van der Waals surface area (Å²) in [5.74, 6) is 3.92. The molecule has 92 valence electrons. The van der Waals surface area contributed by atoms with Crippen molar-refractivity contribution in [1.29, 1.82) is 0 Å². The van der Waals surface area contributed by atoms with E-state index in [-0.39, 0.29) is 0 Å². The molecule has 0 radical (unpaired) electrons. The average molecular weight is 268 g/mol. The van der Waals surface area contributed by atoms with Crippen LogP contribution in [0, 0.1) is 5.41 Å². The van der Waals surface area contributed by atoms with Crippen LogP contribution in [0.5, 0.6) is 11.5 Å². The van der Waals surface area contributed by atoms with Crippen LogP contribution in [-0.4, -0.2) is 24.7 Å². The fourth-order valence-electron chi connectivity index (χ4n) is 1.87. The highest BCUT2D eigenvalue weighted by Gasteiger charge is 2.40. The molecule has 0 bridgehead atoms. The summed E-state index contributed by atoms with van der Waals surface area (Å²) in [5.41, 5.74) is 0.501. The van der Waals surface area contributed by atoms with E-state index >= 15 is 0 Å². The van der Waals surface area contributed by atoms with Crippen LogP contribution in [0.3, 0.4) is 0 Å². The Morgan fingerprint density at radius 2 is 1.94 bits per heavy atom. The summed E-state index contributed by atoms with van der Waals surface area (Å²) < 4.78 is 11.1. The minimum atomic E-state index is 0.501. The van der Waals surface area contributed by atoms with Gasteiger partial charge in [0, 0.05) is 10.6 Å². The summed E-state index contributed by atoms with van der Waals surface area (Å²) >= 11 is 6.33. The predicted molar refractivity (Wildman–Crippen MR) is 73.7 cm³/mol. The van der Waals surface area contributed by atoms with E-state index < -0.39 is 0 Å². The van der Waals surface area contributed by atoms with Gasteiger partial charge in [-0.1, -0.05) is 0 Å². The Morgan fingerprint density at radius 1 is 1.18 bits per heavy atom. The fourth-order valence-corrected chi connectivity index (χ4v) is 3.67. The second-order valence-corrected chi connectivity index (χ2v) is 6.12. The summed E-state index contributed by atoms with van der Waals surface area (Å²) in [6.07, 6.45) is 2.65. The molecule has 0 unspecified atom stereocenters. The molecular formula is C13H16O2S2. The molecule has 1 aliphatic carbocycles. The standard InChI is InChI=1S/C13H16O2S2/c16-8-13(3-4-13)9-17-10-1-2-11-12(7-10)15-6-5-14-11/h1-2,7,16H,3-6,8-9H2. The van der Waals surface area contributed by atoms with Gasteiger partial charge in [-0.3, -0.25) is 0 Å². The summed E-state index contributed by atoms with van der Waals surface area (Å²) in [4.78, 5) is 1.27. The third-order valence-corrected chi connectivity index (χ3v) is 5.37. The molecule has 1 aliphatic heterocycles. The predicted octanol–water partition coefficient (Wildman–Crippen LogP) is 3.26. The van der Waals surface area contributed by atoms with E-state index in [1.165, 1.54) is 17.7 Å². The summed E-state index contributed by atoms with van der Waals surface area (Å²) in [6, 6.07) is 6.22. The monoisotopic (exact) mass is 268 g/mol. The Morgan fingerprint density at radius 3 is 2.65 bits per heavy atom. The number of hydrogen-bond acceptors (Lipinski definition) is 4. The third kappa shape index (κ3) is 2.52. The Kier molecular flexibility index (Phi) is 3.17. The van der Waals surface area contributed by atoms with Crippen molar-refractivity contribution in [1.82, 2.24) is 0 Å². The Labute approximate surface area is 111 Å². The van der Waals surface area contributed by atoms with Crippen LogP contribution in [0.25, 0.3) is 0 Å². The van der Waals surface area contributed by atoms with Crippen molar-refractivity contribution in [2.24, 2.45) is 5.41 Å². The second-order valence-electron chi connectivity index (χ2n) is 4.75. The molecule has 1 fully saturated rings. The number of fused-ring (bicyclic) bond motifs is 1. The molecule has 0 aromatic heterocycles. The smallest absolute Gasteiger partial charge is 0.162 e. The van der Waals surface area contributed by atoms with Crippen molar-refractivity contribution in [3.05, 3.63) is 18.2 Å². The first-order valence-corrected chi connectivity index (χ1v) is 7.56. The molecule has 3 rings (SSSR count). The van der Waals surface area contributed by atoms with Gasteiger partial charge < -0.3 is 9.47 Å². The molecule has 1 saturated carbocycles. The van der Waals surface area contributed by atoms with Crippen LogP contribution in [0.1, 0.15) is 12.8 Å². The van der Waals surface area contributed by atoms with Gasteiger partial charge >= 0.3 is 0 Å². The maximum atomic E-state index is 5.58. The van der Waals surface area contributed by atoms with E-state index in [0.717, 1.165) is 23.0 Å². The quantitative estimate of drug-likeness (QED) is 0.668. The lowest BCUT2D eigenvalue weighted by molar-refractivity contribution is 0.171. The number of thiol groups is 1. The van der Waals surface area contributed by atoms with Gasteiger partial charge in [-0.15, -0.1) is 11.8 Å². The first-order chi connectivity index (χ1) is 8.31. The molecule has 0 amide bonds. The normalized spacial score (nSPS) is 20.1. The molecule has 0 N–H and O–H groups in total. The van der Waals surface area contributed by atoms with Crippen molar-refractivity contribution < 1.29 is 9.47 Å². The zero-order valence-corrected chi connectivity index (χ0v) is 11.4. The summed E-state index contributed by atoms with van der Waals surface area (Å²) in [5, 5.41) is 0. The maximum absolute atomic E-state index is 5.58. The lowest BCUT2D eigenvalue weighted by Gasteiger charge is -2.19. The van der Waals surface area contributed by atoms with E-state index in [1.807, 2.05) is 17.8 Å². The Bertz CT molecular complexity index is 416. The van der Waals surface area contributed by atoms with Gasteiger partial charge in [-0.2, -0.15) is 12.6 Å². The summed E-state index contributed by atoms with van der Waals surface area (Å²) in [7, 11) is 0. The van der Waals surface area contributed by atoms with E-state index in [2.05, 4.69) is 24.8 Å². The van der Waals surface area contributed by atoms with Crippen LogP contribution in [0.2, 0.25) is 0 Å². The number of benzene rings is 1. The maximum Gasteiger partial charge on any atom is 0.162 e. The summed E-state index contributed by atoms with van der Waals surface area (Å²) in [6.45, 7) is 1.31. The number of thioether (sulfide) groups is 1. The lowest BCUT2D eigenvalue weighted by Crippen LogP contribution is -2.15. The zero-order chi connectivity index (χ0) is 11.7. The first kappa shape index (κ1) is 11.6. The minimum absolute atomic E-state index is 0.501. The molecule has 0 atom stereocenters. The van der Waals surface area contributed by atoms with Gasteiger partial charge in [0.05, 0.1) is 0 Å². The minimum Gasteiger partial charge on any atom is -0.486 e. The van der Waals surface area contributed by atoms with E-state index in [9.17, 15) is 0 Å². The van der Waals surface area contributed by atoms with E-state index in [0.29, 0.717) is 18.6 Å². The van der Waals surface area contributed by atoms with Gasteiger partial charge in [0.2, 0.25) is 0 Å². The molecule has 2 aliphatic rings. The van der Waals surface area contributed by atoms with E-state index in [4.69, 9.17) is 9.47 Å². The topological polar surface area (TPSA) is 18.5 Å². The van der Waals surface area contributed by atoms with Crippen molar-refractivity contribution >= 4 is 24.4 Å². The van der Waals surface area contributed by atoms with Crippen molar-refractivity contribution in [3.63, 3.8) is 0 Å². The zero-order valence-electron chi connectivity index (χ0n) is 9.65. The molecule has 0 saturated heterocycles. The van der Waals surface area contributed by atoms with Gasteiger partial charge in [0.25, 0.3) is 0 Å². The molecule has 1 aromatic carbocycles. The molecule has 2 nitrogen and oxygen atoms in total. The third-order valence-electron chi connectivity index (χ3n) is 3.35. The Balaban J connectivity index is 1.67. The molecule has 1 heterocycles. The van der Waals surface area contributed by atoms with Crippen molar-refractivity contribution in [2.45, 2.75) is 17.7 Å². The molecule has 0 spiro atoms. The Hall–Kier alpha value is -0.480. The molecule has 4 heteroatoms. The highest BCUT2D eigenvalue weighted by molar-refractivity contribution is 7.99. The lowest BCUT2D eigenvalue weighted by atomic mass is 10.2. The van der Waals surface area contributed by atoms with Crippen LogP contribution < -0.4 is 9.47 Å². The van der Waals surface area contributed by atoms with Gasteiger partial charge in [0.15, 0.2) is 11.5 Å². The second kappa shape index (κ2) is 4.65. The number of hydrogen-bond donors (Lipinski definition) is 1. The van der Waals surface area contributed by atoms with Crippen molar-refractivity contribution in [3.8, 4) is 11.5 Å². The van der Waals surface area contributed by atoms with Gasteiger partial charge in [0.1, 0.15) is 13.2 Å².